The normalized spacial score (nSPS) is 18.9. The van der Waals surface area contributed by atoms with E-state index in [0.29, 0.717) is 31.4 Å². The zero-order valence-corrected chi connectivity index (χ0v) is 24.8. The van der Waals surface area contributed by atoms with Gasteiger partial charge in [0.2, 0.25) is 5.91 Å². The van der Waals surface area contributed by atoms with E-state index in [4.69, 9.17) is 14.2 Å². The number of hydrogen-bond acceptors (Lipinski definition) is 6. The van der Waals surface area contributed by atoms with Crippen molar-refractivity contribution < 1.29 is 41.8 Å². The third kappa shape index (κ3) is 8.33. The van der Waals surface area contributed by atoms with Crippen LogP contribution in [0.5, 0.6) is 0 Å². The average molecular weight is 584 g/mol. The molecule has 0 bridgehead atoms. The SMILES string of the molecule is CCCCCCC/C=C(\C)[C@@H](OC(=O)[C@](OC)(c1ccccc1)C(F)(F)F)[C@@H](C)C(=O)N1CCC[C@H]1C(=O)OCC. The first-order valence-electron chi connectivity index (χ1n) is 14.5. The Bertz CT molecular complexity index is 1030. The summed E-state index contributed by atoms with van der Waals surface area (Å²) in [6.07, 6.45) is 2.08. The standard InChI is InChI=1S/C31H44F3NO6/c1-6-8-9-10-11-13-17-22(3)26(23(4)27(36)35-21-16-20-25(35)28(37)40-7-2)41-29(38)30(39-5,31(32,33)34)24-18-14-12-15-19-24/h12,14-15,17-19,23,25-26H,6-11,13,16,20-21H2,1-5H3/b22-17+/t23-,25+,26-,30-/m1/s1. The highest BCUT2D eigenvalue weighted by atomic mass is 19.4. The first-order chi connectivity index (χ1) is 19.5. The fourth-order valence-electron chi connectivity index (χ4n) is 5.27. The lowest BCUT2D eigenvalue weighted by Crippen LogP contribution is -2.54. The molecule has 0 N–H and O–H groups in total. The summed E-state index contributed by atoms with van der Waals surface area (Å²) in [4.78, 5) is 41.1. The van der Waals surface area contributed by atoms with Gasteiger partial charge in [0, 0.05) is 19.2 Å². The molecule has 0 unspecified atom stereocenters. The summed E-state index contributed by atoms with van der Waals surface area (Å²) in [6.45, 7) is 7.38. The van der Waals surface area contributed by atoms with Crippen LogP contribution in [0.4, 0.5) is 13.2 Å². The maximum atomic E-state index is 14.6. The van der Waals surface area contributed by atoms with Crippen molar-refractivity contribution in [3.8, 4) is 0 Å². The van der Waals surface area contributed by atoms with Gasteiger partial charge in [-0.1, -0.05) is 69.0 Å². The molecule has 1 heterocycles. The van der Waals surface area contributed by atoms with E-state index in [1.807, 2.05) is 6.08 Å². The number of hydrogen-bond donors (Lipinski definition) is 0. The molecule has 41 heavy (non-hydrogen) atoms. The van der Waals surface area contributed by atoms with Crippen LogP contribution in [0.15, 0.2) is 42.0 Å². The molecule has 0 spiro atoms. The number of amides is 1. The number of esters is 2. The Balaban J connectivity index is 2.43. The number of alkyl halides is 3. The fraction of sp³-hybridized carbons (Fsp3) is 0.645. The van der Waals surface area contributed by atoms with Crippen LogP contribution >= 0.6 is 0 Å². The maximum absolute atomic E-state index is 14.6. The Hall–Kier alpha value is -2.88. The number of carbonyl (C=O) groups excluding carboxylic acids is 3. The molecule has 1 aliphatic heterocycles. The number of rotatable bonds is 15. The molecule has 0 aliphatic carbocycles. The zero-order valence-electron chi connectivity index (χ0n) is 24.8. The van der Waals surface area contributed by atoms with Crippen LogP contribution in [0.25, 0.3) is 0 Å². The first kappa shape index (κ1) is 34.3. The lowest BCUT2D eigenvalue weighted by molar-refractivity contribution is -0.278. The second-order valence-corrected chi connectivity index (χ2v) is 10.5. The third-order valence-corrected chi connectivity index (χ3v) is 7.57. The molecule has 0 radical (unpaired) electrons. The molecule has 1 aromatic carbocycles. The van der Waals surface area contributed by atoms with E-state index in [2.05, 4.69) is 6.92 Å². The molecule has 4 atom stereocenters. The van der Waals surface area contributed by atoms with E-state index in [-0.39, 0.29) is 6.61 Å². The van der Waals surface area contributed by atoms with Crippen LogP contribution in [0.1, 0.15) is 84.6 Å². The van der Waals surface area contributed by atoms with Crippen LogP contribution in [-0.2, 0) is 34.2 Å². The molecule has 1 fully saturated rings. The van der Waals surface area contributed by atoms with Crippen LogP contribution in [-0.4, -0.2) is 61.3 Å². The summed E-state index contributed by atoms with van der Waals surface area (Å²) >= 11 is 0. The highest BCUT2D eigenvalue weighted by molar-refractivity contribution is 5.88. The number of benzene rings is 1. The Morgan fingerprint density at radius 3 is 2.32 bits per heavy atom. The van der Waals surface area contributed by atoms with Gasteiger partial charge in [0.15, 0.2) is 0 Å². The van der Waals surface area contributed by atoms with Gasteiger partial charge in [-0.25, -0.2) is 9.59 Å². The Morgan fingerprint density at radius 1 is 1.07 bits per heavy atom. The van der Waals surface area contributed by atoms with Crippen molar-refractivity contribution >= 4 is 17.8 Å². The van der Waals surface area contributed by atoms with Crippen molar-refractivity contribution in [2.24, 2.45) is 5.92 Å². The molecule has 0 saturated carbocycles. The predicted molar refractivity (Wildman–Crippen MR) is 149 cm³/mol. The van der Waals surface area contributed by atoms with E-state index >= 15 is 0 Å². The van der Waals surface area contributed by atoms with Gasteiger partial charge in [-0.2, -0.15) is 13.2 Å². The Morgan fingerprint density at radius 2 is 1.73 bits per heavy atom. The third-order valence-electron chi connectivity index (χ3n) is 7.57. The molecule has 1 amide bonds. The molecule has 1 aliphatic rings. The van der Waals surface area contributed by atoms with Crippen molar-refractivity contribution in [1.82, 2.24) is 4.90 Å². The van der Waals surface area contributed by atoms with E-state index in [0.717, 1.165) is 51.3 Å². The number of carbonyl (C=O) groups is 3. The first-order valence-corrected chi connectivity index (χ1v) is 14.5. The zero-order chi connectivity index (χ0) is 30.6. The topological polar surface area (TPSA) is 82.1 Å². The lowest BCUT2D eigenvalue weighted by atomic mass is 9.91. The Kier molecular flexibility index (Phi) is 13.3. The summed E-state index contributed by atoms with van der Waals surface area (Å²) in [5.41, 5.74) is -3.37. The van der Waals surface area contributed by atoms with Crippen molar-refractivity contribution in [3.05, 3.63) is 47.5 Å². The van der Waals surface area contributed by atoms with Gasteiger partial charge in [-0.15, -0.1) is 0 Å². The van der Waals surface area contributed by atoms with Crippen LogP contribution in [0.2, 0.25) is 0 Å². The summed E-state index contributed by atoms with van der Waals surface area (Å²) in [5.74, 6) is -3.76. The summed E-state index contributed by atoms with van der Waals surface area (Å²) in [5, 5.41) is 0. The van der Waals surface area contributed by atoms with Gasteiger partial charge >= 0.3 is 18.1 Å². The minimum atomic E-state index is -5.15. The predicted octanol–water partition coefficient (Wildman–Crippen LogP) is 6.50. The second-order valence-electron chi connectivity index (χ2n) is 10.5. The largest absolute Gasteiger partial charge is 0.464 e. The number of halogens is 3. The monoisotopic (exact) mass is 583 g/mol. The van der Waals surface area contributed by atoms with E-state index in [1.54, 1.807) is 13.8 Å². The summed E-state index contributed by atoms with van der Waals surface area (Å²) in [7, 11) is 0.804. The maximum Gasteiger partial charge on any atom is 0.432 e. The number of nitrogens with zero attached hydrogens (tertiary/aromatic N) is 1. The van der Waals surface area contributed by atoms with Crippen LogP contribution in [0.3, 0.4) is 0 Å². The second kappa shape index (κ2) is 15.9. The van der Waals surface area contributed by atoms with Gasteiger partial charge in [0.05, 0.1) is 12.5 Å². The van der Waals surface area contributed by atoms with Gasteiger partial charge in [0.1, 0.15) is 12.1 Å². The smallest absolute Gasteiger partial charge is 0.432 e. The molecular weight excluding hydrogens is 539 g/mol. The molecular formula is C31H44F3NO6. The van der Waals surface area contributed by atoms with Crippen LogP contribution in [0, 0.1) is 5.92 Å². The summed E-state index contributed by atoms with van der Waals surface area (Å²) < 4.78 is 59.3. The van der Waals surface area contributed by atoms with Crippen molar-refractivity contribution in [1.29, 1.82) is 0 Å². The van der Waals surface area contributed by atoms with E-state index in [9.17, 15) is 27.6 Å². The minimum absolute atomic E-state index is 0.156. The van der Waals surface area contributed by atoms with Crippen LogP contribution < -0.4 is 0 Å². The highest BCUT2D eigenvalue weighted by Crippen LogP contribution is 2.43. The Labute approximate surface area is 241 Å². The quantitative estimate of drug-likeness (QED) is 0.133. The lowest BCUT2D eigenvalue weighted by Gasteiger charge is -2.36. The van der Waals surface area contributed by atoms with Crippen molar-refractivity contribution in [2.75, 3.05) is 20.3 Å². The molecule has 0 aromatic heterocycles. The number of unbranched alkanes of at least 4 members (excludes halogenated alkanes) is 5. The molecule has 1 aromatic rings. The van der Waals surface area contributed by atoms with Crippen molar-refractivity contribution in [2.45, 2.75) is 103 Å². The number of likely N-dealkylation sites (tertiary alicyclic amines) is 1. The molecule has 10 heteroatoms. The summed E-state index contributed by atoms with van der Waals surface area (Å²) in [6, 6.07) is 5.78. The van der Waals surface area contributed by atoms with Gasteiger partial charge < -0.3 is 19.1 Å². The van der Waals surface area contributed by atoms with Gasteiger partial charge in [0.25, 0.3) is 5.60 Å². The fourth-order valence-corrected chi connectivity index (χ4v) is 5.27. The highest BCUT2D eigenvalue weighted by Gasteiger charge is 2.64. The number of ether oxygens (including phenoxy) is 3. The number of allylic oxidation sites excluding steroid dienone is 1. The number of methoxy groups -OCH3 is 1. The molecule has 2 rings (SSSR count). The minimum Gasteiger partial charge on any atom is -0.464 e. The molecule has 7 nitrogen and oxygen atoms in total. The van der Waals surface area contributed by atoms with E-state index < -0.39 is 53.3 Å². The van der Waals surface area contributed by atoms with E-state index in [1.165, 1.54) is 30.0 Å². The van der Waals surface area contributed by atoms with Gasteiger partial charge in [-0.05, 0) is 52.0 Å². The van der Waals surface area contributed by atoms with Crippen molar-refractivity contribution in [3.63, 3.8) is 0 Å². The molecule has 1 saturated heterocycles. The average Bonchev–Trinajstić information content (AvgIpc) is 3.43. The van der Waals surface area contributed by atoms with Gasteiger partial charge in [-0.3, -0.25) is 4.79 Å². The molecule has 230 valence electrons.